The van der Waals surface area contributed by atoms with Crippen molar-refractivity contribution in [2.45, 2.75) is 97.9 Å². The number of carbonyl (C=O) groups is 1. The maximum absolute atomic E-state index is 11.9. The third-order valence-electron chi connectivity index (χ3n) is 7.49. The second kappa shape index (κ2) is 13.0. The van der Waals surface area contributed by atoms with E-state index in [0.717, 1.165) is 0 Å². The molecule has 0 aromatic carbocycles. The van der Waals surface area contributed by atoms with Crippen molar-refractivity contribution in [1.29, 1.82) is 0 Å². The Morgan fingerprint density at radius 1 is 1.00 bits per heavy atom. The zero-order valence-electron chi connectivity index (χ0n) is 21.0. The smallest absolute Gasteiger partial charge is 0.311 e. The van der Waals surface area contributed by atoms with Crippen LogP contribution in [0.4, 0.5) is 0 Å². The van der Waals surface area contributed by atoms with Crippen LogP contribution in [0, 0.1) is 35.5 Å². The number of aliphatic hydroxyl groups excluding tert-OH is 4. The van der Waals surface area contributed by atoms with Gasteiger partial charge in [-0.1, -0.05) is 46.8 Å². The van der Waals surface area contributed by atoms with Crippen molar-refractivity contribution in [2.24, 2.45) is 35.5 Å². The highest BCUT2D eigenvalue weighted by Crippen LogP contribution is 2.30. The average Bonchev–Trinajstić information content (AvgIpc) is 2.77. The van der Waals surface area contributed by atoms with Gasteiger partial charge in [-0.05, 0) is 32.1 Å². The lowest BCUT2D eigenvalue weighted by atomic mass is 9.81. The van der Waals surface area contributed by atoms with E-state index in [1.165, 1.54) is 0 Å². The fourth-order valence-corrected chi connectivity index (χ4v) is 4.57. The van der Waals surface area contributed by atoms with Gasteiger partial charge in [-0.2, -0.15) is 0 Å². The first kappa shape index (κ1) is 29.0. The molecule has 1 fully saturated rings. The highest BCUT2D eigenvalue weighted by molar-refractivity contribution is 5.73. The summed E-state index contributed by atoms with van der Waals surface area (Å²) in [5.41, 5.74) is 0. The molecular formula is C25H46O7. The van der Waals surface area contributed by atoms with E-state index in [0.29, 0.717) is 6.42 Å². The first-order chi connectivity index (χ1) is 14.8. The van der Waals surface area contributed by atoms with Gasteiger partial charge in [0.1, 0.15) is 6.10 Å². The predicted octanol–water partition coefficient (Wildman–Crippen LogP) is 2.54. The van der Waals surface area contributed by atoms with Gasteiger partial charge in [-0.15, -0.1) is 0 Å². The van der Waals surface area contributed by atoms with Crippen LogP contribution < -0.4 is 0 Å². The lowest BCUT2D eigenvalue weighted by Gasteiger charge is -2.36. The standard InChI is InChI=1S/C25H46O7/c1-13(22(27)14(2)11-15(3)23(28)16(4)19(7)31-8)9-10-20(26)12-21-17(5)24(29)18(6)25(30)32-21/h9-10,13-24,26-29H,11-12H2,1-8H3/b10-9+. The summed E-state index contributed by atoms with van der Waals surface area (Å²) in [5.74, 6) is -1.51. The molecule has 0 aromatic rings. The second-order valence-electron chi connectivity index (χ2n) is 10.1. The maximum Gasteiger partial charge on any atom is 0.311 e. The quantitative estimate of drug-likeness (QED) is 0.262. The molecule has 1 saturated heterocycles. The van der Waals surface area contributed by atoms with Crippen LogP contribution in [0.1, 0.15) is 61.3 Å². The molecule has 7 heteroatoms. The highest BCUT2D eigenvalue weighted by Gasteiger charge is 2.40. The third kappa shape index (κ3) is 7.80. The minimum Gasteiger partial charge on any atom is -0.462 e. The largest absolute Gasteiger partial charge is 0.462 e. The molecule has 1 rings (SSSR count). The van der Waals surface area contributed by atoms with E-state index < -0.39 is 42.4 Å². The number of hydrogen-bond donors (Lipinski definition) is 4. The fraction of sp³-hybridized carbons (Fsp3) is 0.880. The van der Waals surface area contributed by atoms with Gasteiger partial charge < -0.3 is 29.9 Å². The Morgan fingerprint density at radius 2 is 1.56 bits per heavy atom. The van der Waals surface area contributed by atoms with E-state index in [4.69, 9.17) is 9.47 Å². The van der Waals surface area contributed by atoms with Gasteiger partial charge in [0.05, 0.1) is 36.4 Å². The van der Waals surface area contributed by atoms with Crippen LogP contribution in [0.5, 0.6) is 0 Å². The van der Waals surface area contributed by atoms with Gasteiger partial charge in [0.2, 0.25) is 0 Å². The van der Waals surface area contributed by atoms with Crippen LogP contribution in [-0.4, -0.2) is 70.1 Å². The van der Waals surface area contributed by atoms with Crippen molar-refractivity contribution in [3.05, 3.63) is 12.2 Å². The molecule has 1 aliphatic heterocycles. The summed E-state index contributed by atoms with van der Waals surface area (Å²) in [5, 5.41) is 41.9. The Morgan fingerprint density at radius 3 is 2.12 bits per heavy atom. The summed E-state index contributed by atoms with van der Waals surface area (Å²) in [6.07, 6.45) is 0.868. The lowest BCUT2D eigenvalue weighted by Crippen LogP contribution is -2.47. The van der Waals surface area contributed by atoms with E-state index >= 15 is 0 Å². The number of methoxy groups -OCH3 is 1. The van der Waals surface area contributed by atoms with Crippen molar-refractivity contribution >= 4 is 5.97 Å². The molecule has 0 spiro atoms. The van der Waals surface area contributed by atoms with E-state index in [1.807, 2.05) is 41.5 Å². The van der Waals surface area contributed by atoms with Crippen LogP contribution in [0.2, 0.25) is 0 Å². The molecule has 0 bridgehead atoms. The molecule has 0 radical (unpaired) electrons. The zero-order valence-corrected chi connectivity index (χ0v) is 21.0. The number of ether oxygens (including phenoxy) is 2. The van der Waals surface area contributed by atoms with E-state index in [-0.39, 0.29) is 42.1 Å². The number of rotatable bonds is 12. The van der Waals surface area contributed by atoms with Crippen LogP contribution in [0.3, 0.4) is 0 Å². The molecule has 1 aliphatic rings. The van der Waals surface area contributed by atoms with Crippen molar-refractivity contribution in [3.63, 3.8) is 0 Å². The number of hydrogen-bond acceptors (Lipinski definition) is 7. The topological polar surface area (TPSA) is 116 Å². The number of aliphatic hydroxyl groups is 4. The second-order valence-corrected chi connectivity index (χ2v) is 10.1. The predicted molar refractivity (Wildman–Crippen MR) is 124 cm³/mol. The molecule has 188 valence electrons. The molecule has 1 heterocycles. The Hall–Kier alpha value is -0.990. The maximum atomic E-state index is 11.9. The van der Waals surface area contributed by atoms with Gasteiger partial charge in [0.25, 0.3) is 0 Å². The summed E-state index contributed by atoms with van der Waals surface area (Å²) >= 11 is 0. The molecule has 32 heavy (non-hydrogen) atoms. The molecule has 0 aromatic heterocycles. The third-order valence-corrected chi connectivity index (χ3v) is 7.49. The molecule has 0 amide bonds. The first-order valence-electron chi connectivity index (χ1n) is 12.0. The molecule has 7 nitrogen and oxygen atoms in total. The van der Waals surface area contributed by atoms with Gasteiger partial charge in [0.15, 0.2) is 0 Å². The zero-order chi connectivity index (χ0) is 24.7. The van der Waals surface area contributed by atoms with Crippen LogP contribution >= 0.6 is 0 Å². The summed E-state index contributed by atoms with van der Waals surface area (Å²) in [6, 6.07) is 0. The van der Waals surface area contributed by atoms with E-state index in [2.05, 4.69) is 0 Å². The first-order valence-corrected chi connectivity index (χ1v) is 12.0. The SMILES string of the molecule is COC(C)C(C)C(O)C(C)CC(C)C(O)C(C)/C=C/C(O)CC1OC(=O)C(C)C(O)C1C. The summed E-state index contributed by atoms with van der Waals surface area (Å²) < 4.78 is 10.7. The normalized spacial score (nSPS) is 31.9. The van der Waals surface area contributed by atoms with Gasteiger partial charge in [-0.25, -0.2) is 0 Å². The van der Waals surface area contributed by atoms with E-state index in [1.54, 1.807) is 26.2 Å². The van der Waals surface area contributed by atoms with Crippen molar-refractivity contribution in [3.8, 4) is 0 Å². The molecule has 0 saturated carbocycles. The fourth-order valence-electron chi connectivity index (χ4n) is 4.57. The summed E-state index contributed by atoms with van der Waals surface area (Å²) in [7, 11) is 1.63. The minimum atomic E-state index is -0.849. The van der Waals surface area contributed by atoms with Gasteiger partial charge in [-0.3, -0.25) is 4.79 Å². The molecular weight excluding hydrogens is 412 g/mol. The van der Waals surface area contributed by atoms with Gasteiger partial charge >= 0.3 is 5.97 Å². The van der Waals surface area contributed by atoms with Gasteiger partial charge in [0, 0.05) is 31.3 Å². The Labute approximate surface area is 193 Å². The van der Waals surface area contributed by atoms with Crippen molar-refractivity contribution in [2.75, 3.05) is 7.11 Å². The summed E-state index contributed by atoms with van der Waals surface area (Å²) in [4.78, 5) is 11.9. The average molecular weight is 459 g/mol. The molecule has 12 unspecified atom stereocenters. The van der Waals surface area contributed by atoms with Crippen molar-refractivity contribution in [1.82, 2.24) is 0 Å². The molecule has 0 aliphatic carbocycles. The van der Waals surface area contributed by atoms with Crippen LogP contribution in [-0.2, 0) is 14.3 Å². The monoisotopic (exact) mass is 458 g/mol. The number of carbonyl (C=O) groups excluding carboxylic acids is 1. The van der Waals surface area contributed by atoms with E-state index in [9.17, 15) is 25.2 Å². The van der Waals surface area contributed by atoms with Crippen molar-refractivity contribution < 1.29 is 34.7 Å². The molecule has 12 atom stereocenters. The van der Waals surface area contributed by atoms with Crippen LogP contribution in [0.25, 0.3) is 0 Å². The summed E-state index contributed by atoms with van der Waals surface area (Å²) in [6.45, 7) is 13.2. The lowest BCUT2D eigenvalue weighted by molar-refractivity contribution is -0.179. The molecule has 4 N–H and O–H groups in total. The Bertz CT molecular complexity index is 595. The highest BCUT2D eigenvalue weighted by atomic mass is 16.5. The van der Waals surface area contributed by atoms with Crippen LogP contribution in [0.15, 0.2) is 12.2 Å². The number of esters is 1. The number of cyclic esters (lactones) is 1. The minimum absolute atomic E-state index is 0.00492. The Balaban J connectivity index is 2.59. The Kier molecular flexibility index (Phi) is 11.8.